The Labute approximate surface area is 177 Å². The number of likely N-dealkylation sites (N-methyl/N-ethyl adjacent to an activating group) is 1. The van der Waals surface area contributed by atoms with Crippen LogP contribution < -0.4 is 15.1 Å². The Morgan fingerprint density at radius 3 is 2.43 bits per heavy atom. The Balaban J connectivity index is 1.45. The minimum atomic E-state index is -0.188. The van der Waals surface area contributed by atoms with Gasteiger partial charge in [0, 0.05) is 18.4 Å². The number of aryl methyl sites for hydroxylation is 2. The summed E-state index contributed by atoms with van der Waals surface area (Å²) in [5.41, 5.74) is 3.95. The topological polar surface area (TPSA) is 77.3 Å². The molecular weight excluding hydrogens is 380 g/mol. The molecule has 2 amide bonds. The van der Waals surface area contributed by atoms with E-state index in [2.05, 4.69) is 10.2 Å². The Hall–Kier alpha value is -3.06. The highest BCUT2D eigenvalue weighted by Crippen LogP contribution is 2.18. The molecular formula is C23H31N4O3+. The Morgan fingerprint density at radius 1 is 1.10 bits per heavy atom. The molecule has 2 aromatic rings. The van der Waals surface area contributed by atoms with Gasteiger partial charge >= 0.3 is 0 Å². The third-order valence-corrected chi connectivity index (χ3v) is 5.56. The first-order valence-corrected chi connectivity index (χ1v) is 10.3. The molecule has 1 aliphatic rings. The van der Waals surface area contributed by atoms with Crippen molar-refractivity contribution < 1.29 is 19.6 Å². The number of benzene rings is 2. The van der Waals surface area contributed by atoms with Crippen molar-refractivity contribution in [1.82, 2.24) is 4.90 Å². The lowest BCUT2D eigenvalue weighted by Gasteiger charge is -2.34. The fourth-order valence-electron chi connectivity index (χ4n) is 3.63. The number of carbonyl (C=O) groups excluding carboxylic acids is 2. The van der Waals surface area contributed by atoms with Crippen LogP contribution in [0.1, 0.15) is 11.1 Å². The number of phenolic OH excluding ortho intramolecular Hbond substituents is 1. The predicted molar refractivity (Wildman–Crippen MR) is 118 cm³/mol. The van der Waals surface area contributed by atoms with Gasteiger partial charge in [0.15, 0.2) is 6.54 Å². The summed E-state index contributed by atoms with van der Waals surface area (Å²) in [6, 6.07) is 13.1. The minimum Gasteiger partial charge on any atom is -0.508 e. The second-order valence-electron chi connectivity index (χ2n) is 8.05. The van der Waals surface area contributed by atoms with Crippen LogP contribution in [0.5, 0.6) is 5.75 Å². The van der Waals surface area contributed by atoms with Gasteiger partial charge in [-0.1, -0.05) is 12.1 Å². The van der Waals surface area contributed by atoms with E-state index in [0.29, 0.717) is 6.54 Å². The largest absolute Gasteiger partial charge is 0.508 e. The van der Waals surface area contributed by atoms with Gasteiger partial charge in [-0.25, -0.2) is 0 Å². The van der Waals surface area contributed by atoms with Crippen molar-refractivity contribution in [2.75, 3.05) is 56.5 Å². The summed E-state index contributed by atoms with van der Waals surface area (Å²) in [6.07, 6.45) is 0. The second-order valence-corrected chi connectivity index (χ2v) is 8.05. The molecule has 0 aliphatic carbocycles. The number of hydrogen-bond acceptors (Lipinski definition) is 4. The van der Waals surface area contributed by atoms with E-state index in [1.54, 1.807) is 19.2 Å². The monoisotopic (exact) mass is 411 g/mol. The third kappa shape index (κ3) is 5.73. The van der Waals surface area contributed by atoms with Gasteiger partial charge in [0.05, 0.1) is 32.7 Å². The van der Waals surface area contributed by atoms with Crippen LogP contribution in [0.15, 0.2) is 42.5 Å². The lowest BCUT2D eigenvalue weighted by molar-refractivity contribution is -0.892. The van der Waals surface area contributed by atoms with Gasteiger partial charge in [0.1, 0.15) is 5.75 Å². The van der Waals surface area contributed by atoms with Crippen LogP contribution in [0.3, 0.4) is 0 Å². The molecule has 2 aromatic carbocycles. The minimum absolute atomic E-state index is 0.0285. The van der Waals surface area contributed by atoms with E-state index in [0.717, 1.165) is 48.7 Å². The maximum Gasteiger partial charge on any atom is 0.277 e. The van der Waals surface area contributed by atoms with E-state index < -0.39 is 0 Å². The highest BCUT2D eigenvalue weighted by Gasteiger charge is 2.24. The molecule has 0 bridgehead atoms. The quantitative estimate of drug-likeness (QED) is 0.658. The first-order valence-electron chi connectivity index (χ1n) is 10.3. The van der Waals surface area contributed by atoms with E-state index in [-0.39, 0.29) is 24.1 Å². The second kappa shape index (κ2) is 9.63. The molecule has 1 aliphatic heterocycles. The lowest BCUT2D eigenvalue weighted by Crippen LogP contribution is -3.15. The zero-order valence-electron chi connectivity index (χ0n) is 17.9. The number of carbonyl (C=O) groups is 2. The molecule has 0 aromatic heterocycles. The summed E-state index contributed by atoms with van der Waals surface area (Å²) in [5, 5.41) is 12.3. The summed E-state index contributed by atoms with van der Waals surface area (Å²) in [4.78, 5) is 29.9. The fraction of sp³-hybridized carbons (Fsp3) is 0.391. The molecule has 3 rings (SSSR count). The summed E-state index contributed by atoms with van der Waals surface area (Å²) in [5.74, 6) is 0.0455. The fourth-order valence-corrected chi connectivity index (χ4v) is 3.63. The Kier molecular flexibility index (Phi) is 6.95. The van der Waals surface area contributed by atoms with Gasteiger partial charge in [-0.2, -0.15) is 0 Å². The predicted octanol–water partition coefficient (Wildman–Crippen LogP) is 0.811. The van der Waals surface area contributed by atoms with Gasteiger partial charge in [-0.15, -0.1) is 0 Å². The van der Waals surface area contributed by atoms with Gasteiger partial charge in [-0.05, 0) is 55.3 Å². The molecule has 7 nitrogen and oxygen atoms in total. The molecule has 3 N–H and O–H groups in total. The summed E-state index contributed by atoms with van der Waals surface area (Å²) in [6.45, 7) is 7.77. The van der Waals surface area contributed by atoms with E-state index in [1.807, 2.05) is 44.2 Å². The van der Waals surface area contributed by atoms with Crippen molar-refractivity contribution in [1.29, 1.82) is 0 Å². The van der Waals surface area contributed by atoms with Crippen LogP contribution in [-0.4, -0.2) is 68.1 Å². The van der Waals surface area contributed by atoms with Crippen LogP contribution in [0.4, 0.5) is 11.4 Å². The first-order chi connectivity index (χ1) is 14.3. The summed E-state index contributed by atoms with van der Waals surface area (Å²) in [7, 11) is 1.68. The zero-order chi connectivity index (χ0) is 21.7. The lowest BCUT2D eigenvalue weighted by atomic mass is 10.1. The molecule has 1 saturated heterocycles. The molecule has 160 valence electrons. The van der Waals surface area contributed by atoms with E-state index in [1.165, 1.54) is 9.80 Å². The van der Waals surface area contributed by atoms with Crippen molar-refractivity contribution in [2.45, 2.75) is 13.8 Å². The van der Waals surface area contributed by atoms with E-state index in [9.17, 15) is 14.7 Å². The standard InChI is InChI=1S/C23H30N4O3/c1-17-4-5-18(2)21(14-17)24-22(29)15-25(3)23(30)16-26-10-12-27(13-11-26)19-6-8-20(28)9-7-19/h4-9,14,28H,10-13,15-16H2,1-3H3,(H,24,29)/p+1. The number of nitrogens with one attached hydrogen (secondary N) is 2. The molecule has 0 saturated carbocycles. The highest BCUT2D eigenvalue weighted by atomic mass is 16.3. The van der Waals surface area contributed by atoms with Crippen molar-refractivity contribution >= 4 is 23.2 Å². The number of piperazine rings is 1. The summed E-state index contributed by atoms with van der Waals surface area (Å²) >= 11 is 0. The molecule has 30 heavy (non-hydrogen) atoms. The smallest absolute Gasteiger partial charge is 0.277 e. The normalized spacial score (nSPS) is 14.4. The average Bonchev–Trinajstić information content (AvgIpc) is 2.72. The van der Waals surface area contributed by atoms with Gasteiger partial charge < -0.3 is 25.1 Å². The number of nitrogens with zero attached hydrogens (tertiary/aromatic N) is 2. The molecule has 1 fully saturated rings. The number of amides is 2. The molecule has 0 atom stereocenters. The first kappa shape index (κ1) is 21.6. The van der Waals surface area contributed by atoms with E-state index in [4.69, 9.17) is 0 Å². The van der Waals surface area contributed by atoms with Crippen molar-refractivity contribution in [3.05, 3.63) is 53.6 Å². The molecule has 7 heteroatoms. The number of phenols is 1. The molecule has 0 spiro atoms. The van der Waals surface area contributed by atoms with Crippen molar-refractivity contribution in [2.24, 2.45) is 0 Å². The SMILES string of the molecule is Cc1ccc(C)c(NC(=O)CN(C)C(=O)C[NH+]2CCN(c3ccc(O)cc3)CC2)c1. The van der Waals surface area contributed by atoms with Gasteiger partial charge in [0.2, 0.25) is 5.91 Å². The highest BCUT2D eigenvalue weighted by molar-refractivity contribution is 5.95. The Morgan fingerprint density at radius 2 is 1.77 bits per heavy atom. The van der Waals surface area contributed by atoms with Gasteiger partial charge in [0.25, 0.3) is 5.91 Å². The summed E-state index contributed by atoms with van der Waals surface area (Å²) < 4.78 is 0. The van der Waals surface area contributed by atoms with Crippen molar-refractivity contribution in [3.63, 3.8) is 0 Å². The van der Waals surface area contributed by atoms with Crippen LogP contribution in [0.25, 0.3) is 0 Å². The average molecular weight is 412 g/mol. The number of anilines is 2. The maximum atomic E-state index is 12.6. The molecule has 0 unspecified atom stereocenters. The Bertz CT molecular complexity index is 890. The van der Waals surface area contributed by atoms with Crippen molar-refractivity contribution in [3.8, 4) is 5.75 Å². The van der Waals surface area contributed by atoms with Crippen LogP contribution in [0, 0.1) is 13.8 Å². The zero-order valence-corrected chi connectivity index (χ0v) is 17.9. The number of aromatic hydroxyl groups is 1. The van der Waals surface area contributed by atoms with E-state index >= 15 is 0 Å². The third-order valence-electron chi connectivity index (χ3n) is 5.56. The number of hydrogen-bond donors (Lipinski definition) is 3. The van der Waals surface area contributed by atoms with Gasteiger partial charge in [-0.3, -0.25) is 9.59 Å². The maximum absolute atomic E-state index is 12.6. The molecule has 0 radical (unpaired) electrons. The van der Waals surface area contributed by atoms with Crippen LogP contribution in [-0.2, 0) is 9.59 Å². The van der Waals surface area contributed by atoms with Crippen LogP contribution in [0.2, 0.25) is 0 Å². The number of rotatable bonds is 6. The van der Waals surface area contributed by atoms with Crippen LogP contribution >= 0.6 is 0 Å². The molecule has 1 heterocycles. The number of quaternary nitrogens is 1.